The van der Waals surface area contributed by atoms with Gasteiger partial charge in [-0.1, -0.05) is 23.8 Å². The van der Waals surface area contributed by atoms with Crippen molar-refractivity contribution in [2.75, 3.05) is 26.3 Å². The molecule has 2 aromatic rings. The number of morpholine rings is 1. The van der Waals surface area contributed by atoms with Crippen molar-refractivity contribution < 1.29 is 4.74 Å². The third-order valence-corrected chi connectivity index (χ3v) is 5.67. The maximum absolute atomic E-state index is 6.04. The normalized spacial score (nSPS) is 17.4. The Bertz CT molecular complexity index is 766. The van der Waals surface area contributed by atoms with E-state index >= 15 is 0 Å². The Balaban J connectivity index is 1.63. The van der Waals surface area contributed by atoms with E-state index in [1.165, 1.54) is 24.1 Å². The third kappa shape index (κ3) is 3.59. The Labute approximate surface area is 158 Å². The van der Waals surface area contributed by atoms with E-state index in [1.54, 1.807) is 0 Å². The predicted octanol–water partition coefficient (Wildman–Crippen LogP) is 3.61. The van der Waals surface area contributed by atoms with Crippen LogP contribution in [0.15, 0.2) is 24.3 Å². The maximum atomic E-state index is 6.04. The van der Waals surface area contributed by atoms with Crippen LogP contribution in [0.2, 0.25) is 5.02 Å². The van der Waals surface area contributed by atoms with Gasteiger partial charge in [-0.3, -0.25) is 0 Å². The quantitative estimate of drug-likeness (QED) is 0.767. The Kier molecular flexibility index (Phi) is 5.06. The molecule has 4 rings (SSSR count). The Morgan fingerprint density at radius 1 is 1.12 bits per heavy atom. The molecule has 0 radical (unpaired) electrons. The first kappa shape index (κ1) is 17.0. The van der Waals surface area contributed by atoms with Gasteiger partial charge < -0.3 is 9.64 Å². The van der Waals surface area contributed by atoms with Crippen molar-refractivity contribution in [3.8, 4) is 5.69 Å². The fourth-order valence-electron chi connectivity index (χ4n) is 3.68. The largest absolute Gasteiger partial charge is 0.378 e. The van der Waals surface area contributed by atoms with Gasteiger partial charge in [-0.2, -0.15) is 5.10 Å². The van der Waals surface area contributed by atoms with Crippen LogP contribution in [0.5, 0.6) is 0 Å². The van der Waals surface area contributed by atoms with Crippen LogP contribution >= 0.6 is 23.8 Å². The van der Waals surface area contributed by atoms with Crippen molar-refractivity contribution in [3.63, 3.8) is 0 Å². The summed E-state index contributed by atoms with van der Waals surface area (Å²) in [6.45, 7) is 3.30. The van der Waals surface area contributed by atoms with E-state index in [4.69, 9.17) is 33.7 Å². The lowest BCUT2D eigenvalue weighted by atomic mass is 9.94. The van der Waals surface area contributed by atoms with Gasteiger partial charge in [0.2, 0.25) is 0 Å². The summed E-state index contributed by atoms with van der Waals surface area (Å²) < 4.78 is 7.53. The molecule has 4 nitrogen and oxygen atoms in total. The van der Waals surface area contributed by atoms with E-state index in [9.17, 15) is 0 Å². The summed E-state index contributed by atoms with van der Waals surface area (Å²) in [5.41, 5.74) is 4.96. The van der Waals surface area contributed by atoms with Crippen molar-refractivity contribution in [2.24, 2.45) is 0 Å². The molecular formula is C19H22ClN3OS. The molecule has 0 N–H and O–H groups in total. The van der Waals surface area contributed by atoms with Gasteiger partial charge in [0.15, 0.2) is 0 Å². The topological polar surface area (TPSA) is 30.3 Å². The van der Waals surface area contributed by atoms with Crippen LogP contribution in [0.25, 0.3) is 5.69 Å². The minimum atomic E-state index is 0.748. The number of thiocarbonyl (C=S) groups is 1. The van der Waals surface area contributed by atoms with Crippen molar-refractivity contribution in [3.05, 3.63) is 46.2 Å². The molecule has 0 amide bonds. The summed E-state index contributed by atoms with van der Waals surface area (Å²) in [4.78, 5) is 3.24. The van der Waals surface area contributed by atoms with Crippen LogP contribution in [0.4, 0.5) is 0 Å². The van der Waals surface area contributed by atoms with Gasteiger partial charge in [-0.25, -0.2) is 4.68 Å². The number of hydrogen-bond donors (Lipinski definition) is 0. The fraction of sp³-hybridized carbons (Fsp3) is 0.474. The van der Waals surface area contributed by atoms with Gasteiger partial charge in [0.1, 0.15) is 0 Å². The second-order valence-electron chi connectivity index (χ2n) is 6.64. The minimum absolute atomic E-state index is 0.748. The number of hydrogen-bond acceptors (Lipinski definition) is 3. The second-order valence-corrected chi connectivity index (χ2v) is 7.54. The number of rotatable bonds is 3. The first-order valence-corrected chi connectivity index (χ1v) is 9.72. The minimum Gasteiger partial charge on any atom is -0.378 e. The van der Waals surface area contributed by atoms with Crippen molar-refractivity contribution in [2.45, 2.75) is 32.1 Å². The van der Waals surface area contributed by atoms with Gasteiger partial charge in [-0.15, -0.1) is 0 Å². The van der Waals surface area contributed by atoms with Crippen molar-refractivity contribution in [1.29, 1.82) is 0 Å². The summed E-state index contributed by atoms with van der Waals surface area (Å²) in [6.07, 6.45) is 5.38. The number of ether oxygens (including phenoxy) is 1. The van der Waals surface area contributed by atoms with Crippen LogP contribution in [0.3, 0.4) is 0 Å². The molecule has 1 aliphatic heterocycles. The monoisotopic (exact) mass is 375 g/mol. The van der Waals surface area contributed by atoms with Gasteiger partial charge in [0, 0.05) is 30.2 Å². The predicted molar refractivity (Wildman–Crippen MR) is 104 cm³/mol. The molecule has 1 aromatic carbocycles. The first-order chi connectivity index (χ1) is 12.2. The van der Waals surface area contributed by atoms with Crippen molar-refractivity contribution in [1.82, 2.24) is 14.7 Å². The van der Waals surface area contributed by atoms with E-state index in [-0.39, 0.29) is 0 Å². The molecule has 2 heterocycles. The highest BCUT2D eigenvalue weighted by atomic mass is 35.5. The van der Waals surface area contributed by atoms with Crippen LogP contribution in [-0.4, -0.2) is 46.0 Å². The Morgan fingerprint density at radius 2 is 1.84 bits per heavy atom. The molecule has 6 heteroatoms. The summed E-state index contributed by atoms with van der Waals surface area (Å²) in [6, 6.07) is 7.92. The molecule has 1 aromatic heterocycles. The van der Waals surface area contributed by atoms with Crippen molar-refractivity contribution >= 4 is 28.8 Å². The molecule has 132 valence electrons. The van der Waals surface area contributed by atoms with Gasteiger partial charge >= 0.3 is 0 Å². The molecule has 1 aliphatic carbocycles. The summed E-state index contributed by atoms with van der Waals surface area (Å²) in [5, 5.41) is 5.70. The smallest absolute Gasteiger partial charge is 0.0842 e. The molecule has 0 atom stereocenters. The number of halogens is 1. The van der Waals surface area contributed by atoms with E-state index in [0.717, 1.165) is 67.0 Å². The Hall–Kier alpha value is -1.43. The number of nitrogens with zero attached hydrogens (tertiary/aromatic N) is 3. The highest BCUT2D eigenvalue weighted by Crippen LogP contribution is 2.28. The SMILES string of the molecule is S=C(Cc1nn(-c2ccc(Cl)cc2)c2c1CCCC2)N1CCOCC1. The second kappa shape index (κ2) is 7.44. The molecule has 0 bridgehead atoms. The molecule has 1 fully saturated rings. The number of benzene rings is 1. The third-order valence-electron chi connectivity index (χ3n) is 5.02. The van der Waals surface area contributed by atoms with Crippen LogP contribution in [0, 0.1) is 0 Å². The van der Waals surface area contributed by atoms with E-state index in [0.29, 0.717) is 0 Å². The van der Waals surface area contributed by atoms with E-state index in [2.05, 4.69) is 9.58 Å². The summed E-state index contributed by atoms with van der Waals surface area (Å²) >= 11 is 11.7. The zero-order valence-corrected chi connectivity index (χ0v) is 15.8. The summed E-state index contributed by atoms with van der Waals surface area (Å²) in [7, 11) is 0. The van der Waals surface area contributed by atoms with Crippen LogP contribution in [0.1, 0.15) is 29.8 Å². The molecule has 1 saturated heterocycles. The summed E-state index contributed by atoms with van der Waals surface area (Å²) in [5.74, 6) is 0. The van der Waals surface area contributed by atoms with Gasteiger partial charge in [0.05, 0.1) is 29.6 Å². The molecule has 0 spiro atoms. The highest BCUT2D eigenvalue weighted by Gasteiger charge is 2.24. The lowest BCUT2D eigenvalue weighted by Gasteiger charge is -2.29. The fourth-order valence-corrected chi connectivity index (χ4v) is 4.13. The molecule has 25 heavy (non-hydrogen) atoms. The van der Waals surface area contributed by atoms with E-state index in [1.807, 2.05) is 24.3 Å². The van der Waals surface area contributed by atoms with E-state index < -0.39 is 0 Å². The zero-order chi connectivity index (χ0) is 17.2. The maximum Gasteiger partial charge on any atom is 0.0842 e. The number of aromatic nitrogens is 2. The average molecular weight is 376 g/mol. The van der Waals surface area contributed by atoms with Gasteiger partial charge in [-0.05, 0) is 55.5 Å². The molecule has 0 saturated carbocycles. The average Bonchev–Trinajstić information content (AvgIpc) is 3.02. The van der Waals surface area contributed by atoms with Crippen LogP contribution < -0.4 is 0 Å². The lowest BCUT2D eigenvalue weighted by molar-refractivity contribution is 0.0684. The highest BCUT2D eigenvalue weighted by molar-refractivity contribution is 7.80. The van der Waals surface area contributed by atoms with Crippen LogP contribution in [-0.2, 0) is 24.0 Å². The zero-order valence-electron chi connectivity index (χ0n) is 14.2. The molecule has 2 aliphatic rings. The first-order valence-electron chi connectivity index (χ1n) is 8.93. The lowest BCUT2D eigenvalue weighted by Crippen LogP contribution is -2.40. The molecule has 0 unspecified atom stereocenters. The number of fused-ring (bicyclic) bond motifs is 1. The standard InChI is InChI=1S/C19H22ClN3OS/c20-14-5-7-15(8-6-14)23-18-4-2-1-3-16(18)17(21-23)13-19(25)22-9-11-24-12-10-22/h5-8H,1-4,9-13H2. The Morgan fingerprint density at radius 3 is 2.60 bits per heavy atom. The van der Waals surface area contributed by atoms with Gasteiger partial charge in [0.25, 0.3) is 0 Å². The molecular weight excluding hydrogens is 354 g/mol.